The van der Waals surface area contributed by atoms with Crippen LogP contribution in [0, 0.1) is 6.92 Å². The molecule has 0 atom stereocenters. The van der Waals surface area contributed by atoms with Gasteiger partial charge < -0.3 is 15.8 Å². The van der Waals surface area contributed by atoms with Crippen molar-refractivity contribution in [2.24, 2.45) is 0 Å². The summed E-state index contributed by atoms with van der Waals surface area (Å²) in [6.45, 7) is 1.93. The average molecular weight is 256 g/mol. The summed E-state index contributed by atoms with van der Waals surface area (Å²) in [5, 5.41) is 2.81. The molecule has 0 aromatic heterocycles. The number of carbonyl (C=O) groups excluding carboxylic acids is 1. The standard InChI is InChI=1S/C15H16N2O2/c1-10-3-4-11(9-14(10)19-2)15(18)17-13-7-5-12(16)6-8-13/h3-9H,16H2,1-2H3,(H,17,18). The molecule has 0 saturated heterocycles. The molecule has 0 heterocycles. The number of aryl methyl sites for hydroxylation is 1. The molecule has 0 radical (unpaired) electrons. The van der Waals surface area contributed by atoms with Gasteiger partial charge in [0, 0.05) is 16.9 Å². The molecule has 0 unspecified atom stereocenters. The first-order valence-corrected chi connectivity index (χ1v) is 5.91. The van der Waals surface area contributed by atoms with Crippen LogP contribution >= 0.6 is 0 Å². The Morgan fingerprint density at radius 3 is 2.47 bits per heavy atom. The van der Waals surface area contributed by atoms with Gasteiger partial charge in [0.2, 0.25) is 0 Å². The SMILES string of the molecule is COc1cc(C(=O)Nc2ccc(N)cc2)ccc1C. The second-order valence-electron chi connectivity index (χ2n) is 4.26. The fourth-order valence-corrected chi connectivity index (χ4v) is 1.73. The van der Waals surface area contributed by atoms with Crippen LogP contribution in [0.15, 0.2) is 42.5 Å². The summed E-state index contributed by atoms with van der Waals surface area (Å²) < 4.78 is 5.21. The van der Waals surface area contributed by atoms with E-state index in [0.29, 0.717) is 22.7 Å². The number of nitrogen functional groups attached to an aromatic ring is 1. The first-order valence-electron chi connectivity index (χ1n) is 5.91. The van der Waals surface area contributed by atoms with E-state index in [9.17, 15) is 4.79 Å². The van der Waals surface area contributed by atoms with Crippen molar-refractivity contribution in [1.82, 2.24) is 0 Å². The molecule has 1 amide bonds. The lowest BCUT2D eigenvalue weighted by Gasteiger charge is -2.08. The van der Waals surface area contributed by atoms with Crippen molar-refractivity contribution in [3.63, 3.8) is 0 Å². The van der Waals surface area contributed by atoms with E-state index in [1.54, 1.807) is 43.5 Å². The Labute approximate surface area is 112 Å². The highest BCUT2D eigenvalue weighted by atomic mass is 16.5. The lowest BCUT2D eigenvalue weighted by Crippen LogP contribution is -2.12. The molecular weight excluding hydrogens is 240 g/mol. The van der Waals surface area contributed by atoms with Gasteiger partial charge in [-0.2, -0.15) is 0 Å². The number of benzene rings is 2. The number of anilines is 2. The zero-order chi connectivity index (χ0) is 13.8. The Kier molecular flexibility index (Phi) is 3.71. The van der Waals surface area contributed by atoms with Crippen LogP contribution in [-0.2, 0) is 0 Å². The van der Waals surface area contributed by atoms with Crippen molar-refractivity contribution in [2.75, 3.05) is 18.2 Å². The highest BCUT2D eigenvalue weighted by molar-refractivity contribution is 6.04. The minimum Gasteiger partial charge on any atom is -0.496 e. The molecule has 98 valence electrons. The first-order chi connectivity index (χ1) is 9.10. The molecule has 0 aliphatic carbocycles. The van der Waals surface area contributed by atoms with Gasteiger partial charge in [0.25, 0.3) is 5.91 Å². The van der Waals surface area contributed by atoms with E-state index in [1.165, 1.54) is 0 Å². The van der Waals surface area contributed by atoms with Crippen molar-refractivity contribution < 1.29 is 9.53 Å². The summed E-state index contributed by atoms with van der Waals surface area (Å²) in [5.74, 6) is 0.521. The van der Waals surface area contributed by atoms with Gasteiger partial charge in [-0.3, -0.25) is 4.79 Å². The Morgan fingerprint density at radius 1 is 1.16 bits per heavy atom. The quantitative estimate of drug-likeness (QED) is 0.830. The molecule has 2 aromatic rings. The zero-order valence-electron chi connectivity index (χ0n) is 10.9. The Balaban J connectivity index is 2.18. The van der Waals surface area contributed by atoms with Gasteiger partial charge in [-0.25, -0.2) is 0 Å². The fraction of sp³-hybridized carbons (Fsp3) is 0.133. The molecule has 2 aromatic carbocycles. The number of methoxy groups -OCH3 is 1. The number of hydrogen-bond acceptors (Lipinski definition) is 3. The lowest BCUT2D eigenvalue weighted by molar-refractivity contribution is 0.102. The van der Waals surface area contributed by atoms with Gasteiger partial charge in [-0.05, 0) is 48.9 Å². The Morgan fingerprint density at radius 2 is 1.84 bits per heavy atom. The first kappa shape index (κ1) is 13.0. The second kappa shape index (κ2) is 5.44. The molecule has 2 rings (SSSR count). The Bertz CT molecular complexity index is 592. The molecule has 3 N–H and O–H groups in total. The molecule has 4 nitrogen and oxygen atoms in total. The summed E-state index contributed by atoms with van der Waals surface area (Å²) in [7, 11) is 1.59. The molecule has 0 aliphatic heterocycles. The molecule has 0 bridgehead atoms. The van der Waals surface area contributed by atoms with E-state index >= 15 is 0 Å². The van der Waals surface area contributed by atoms with E-state index in [2.05, 4.69) is 5.32 Å². The maximum atomic E-state index is 12.1. The number of hydrogen-bond donors (Lipinski definition) is 2. The van der Waals surface area contributed by atoms with Crippen LogP contribution in [0.5, 0.6) is 5.75 Å². The van der Waals surface area contributed by atoms with Crippen molar-refractivity contribution >= 4 is 17.3 Å². The van der Waals surface area contributed by atoms with Gasteiger partial charge >= 0.3 is 0 Å². The smallest absolute Gasteiger partial charge is 0.255 e. The number of carbonyl (C=O) groups is 1. The molecule has 0 fully saturated rings. The van der Waals surface area contributed by atoms with Crippen molar-refractivity contribution in [2.45, 2.75) is 6.92 Å². The summed E-state index contributed by atoms with van der Waals surface area (Å²) in [6, 6.07) is 12.4. The van der Waals surface area contributed by atoms with Crippen molar-refractivity contribution in [3.8, 4) is 5.75 Å². The number of amides is 1. The maximum Gasteiger partial charge on any atom is 0.255 e. The minimum absolute atomic E-state index is 0.178. The Hall–Kier alpha value is -2.49. The number of nitrogens with one attached hydrogen (secondary N) is 1. The van der Waals surface area contributed by atoms with E-state index < -0.39 is 0 Å². The number of rotatable bonds is 3. The summed E-state index contributed by atoms with van der Waals surface area (Å²) in [4.78, 5) is 12.1. The molecule has 0 saturated carbocycles. The van der Waals surface area contributed by atoms with E-state index in [1.807, 2.05) is 13.0 Å². The lowest BCUT2D eigenvalue weighted by atomic mass is 10.1. The zero-order valence-corrected chi connectivity index (χ0v) is 10.9. The topological polar surface area (TPSA) is 64.3 Å². The van der Waals surface area contributed by atoms with Crippen LogP contribution in [0.4, 0.5) is 11.4 Å². The van der Waals surface area contributed by atoms with Crippen LogP contribution in [0.1, 0.15) is 15.9 Å². The van der Waals surface area contributed by atoms with E-state index in [0.717, 1.165) is 5.56 Å². The summed E-state index contributed by atoms with van der Waals surface area (Å²) in [6.07, 6.45) is 0. The molecular formula is C15H16N2O2. The highest BCUT2D eigenvalue weighted by Gasteiger charge is 2.08. The summed E-state index contributed by atoms with van der Waals surface area (Å²) in [5.41, 5.74) is 8.51. The van der Waals surface area contributed by atoms with E-state index in [4.69, 9.17) is 10.5 Å². The molecule has 4 heteroatoms. The van der Waals surface area contributed by atoms with Gasteiger partial charge in [0.05, 0.1) is 7.11 Å². The van der Waals surface area contributed by atoms with Crippen LogP contribution in [0.2, 0.25) is 0 Å². The van der Waals surface area contributed by atoms with Crippen molar-refractivity contribution in [1.29, 1.82) is 0 Å². The van der Waals surface area contributed by atoms with E-state index in [-0.39, 0.29) is 5.91 Å². The van der Waals surface area contributed by atoms with Crippen LogP contribution in [-0.4, -0.2) is 13.0 Å². The largest absolute Gasteiger partial charge is 0.496 e. The van der Waals surface area contributed by atoms with Crippen LogP contribution in [0.3, 0.4) is 0 Å². The minimum atomic E-state index is -0.178. The molecule has 19 heavy (non-hydrogen) atoms. The molecule has 0 aliphatic rings. The van der Waals surface area contributed by atoms with Crippen LogP contribution < -0.4 is 15.8 Å². The van der Waals surface area contributed by atoms with Gasteiger partial charge in [0.1, 0.15) is 5.75 Å². The van der Waals surface area contributed by atoms with Crippen LogP contribution in [0.25, 0.3) is 0 Å². The third-order valence-corrected chi connectivity index (χ3v) is 2.84. The summed E-state index contributed by atoms with van der Waals surface area (Å²) >= 11 is 0. The predicted octanol–water partition coefficient (Wildman–Crippen LogP) is 2.84. The van der Waals surface area contributed by atoms with Gasteiger partial charge in [-0.15, -0.1) is 0 Å². The maximum absolute atomic E-state index is 12.1. The third-order valence-electron chi connectivity index (χ3n) is 2.84. The van der Waals surface area contributed by atoms with Gasteiger partial charge in [0.15, 0.2) is 0 Å². The monoisotopic (exact) mass is 256 g/mol. The fourth-order valence-electron chi connectivity index (χ4n) is 1.73. The second-order valence-corrected chi connectivity index (χ2v) is 4.26. The highest BCUT2D eigenvalue weighted by Crippen LogP contribution is 2.20. The van der Waals surface area contributed by atoms with Gasteiger partial charge in [-0.1, -0.05) is 6.07 Å². The number of ether oxygens (including phenoxy) is 1. The average Bonchev–Trinajstić information content (AvgIpc) is 2.42. The predicted molar refractivity (Wildman–Crippen MR) is 76.5 cm³/mol. The number of nitrogens with two attached hydrogens (primary N) is 1. The third kappa shape index (κ3) is 3.04. The van der Waals surface area contributed by atoms with Crippen molar-refractivity contribution in [3.05, 3.63) is 53.6 Å². The normalized spacial score (nSPS) is 10.0. The molecule has 0 spiro atoms.